The second-order valence-electron chi connectivity index (χ2n) is 5.44. The molecule has 0 fully saturated rings. The van der Waals surface area contributed by atoms with Crippen LogP contribution in [0.25, 0.3) is 20.8 Å². The first-order valence-electron chi connectivity index (χ1n) is 8.29. The number of benzene rings is 1. The Morgan fingerprint density at radius 2 is 1.73 bits per heavy atom. The molecule has 3 aromatic rings. The molecule has 136 valence electrons. The van der Waals surface area contributed by atoms with Gasteiger partial charge in [0.25, 0.3) is 5.56 Å². The van der Waals surface area contributed by atoms with Crippen molar-refractivity contribution in [3.05, 3.63) is 58.5 Å². The highest BCUT2D eigenvalue weighted by Gasteiger charge is 2.25. The first kappa shape index (κ1) is 18.9. The molecule has 1 aromatic carbocycles. The van der Waals surface area contributed by atoms with Crippen molar-refractivity contribution >= 4 is 29.0 Å². The SMILES string of the molecule is CCOP(=O)(Cc1cccc(-c2nc(=O)c3ccccc3s2)n1)OCC. The topological polar surface area (TPSA) is 78.4 Å². The highest BCUT2D eigenvalue weighted by atomic mass is 32.1. The summed E-state index contributed by atoms with van der Waals surface area (Å²) in [5, 5.41) is 1.12. The van der Waals surface area contributed by atoms with Crippen molar-refractivity contribution in [3.63, 3.8) is 0 Å². The van der Waals surface area contributed by atoms with Crippen LogP contribution in [0.4, 0.5) is 0 Å². The van der Waals surface area contributed by atoms with E-state index in [9.17, 15) is 9.36 Å². The Labute approximate surface area is 155 Å². The quantitative estimate of drug-likeness (QED) is 0.553. The highest BCUT2D eigenvalue weighted by molar-refractivity contribution is 7.53. The van der Waals surface area contributed by atoms with Crippen molar-refractivity contribution in [3.8, 4) is 10.7 Å². The Kier molecular flexibility index (Phi) is 5.94. The molecule has 0 aliphatic carbocycles. The van der Waals surface area contributed by atoms with E-state index in [1.807, 2.05) is 18.2 Å². The molecule has 0 saturated carbocycles. The smallest absolute Gasteiger partial charge is 0.309 e. The third-order valence-corrected chi connectivity index (χ3v) is 6.64. The van der Waals surface area contributed by atoms with Gasteiger partial charge in [0.2, 0.25) is 0 Å². The largest absolute Gasteiger partial charge is 0.336 e. The molecule has 8 heteroatoms. The van der Waals surface area contributed by atoms with Gasteiger partial charge in [0.15, 0.2) is 0 Å². The molecule has 26 heavy (non-hydrogen) atoms. The van der Waals surface area contributed by atoms with Crippen LogP contribution in [0.3, 0.4) is 0 Å². The third kappa shape index (κ3) is 4.24. The monoisotopic (exact) mass is 390 g/mol. The van der Waals surface area contributed by atoms with Gasteiger partial charge in [-0.1, -0.05) is 18.2 Å². The molecular formula is C18H19N2O4PS. The normalized spacial score (nSPS) is 11.8. The number of nitrogens with zero attached hydrogens (tertiary/aromatic N) is 2. The number of aromatic nitrogens is 2. The zero-order chi connectivity index (χ0) is 18.6. The molecule has 0 unspecified atom stereocenters. The average molecular weight is 390 g/mol. The zero-order valence-corrected chi connectivity index (χ0v) is 16.3. The van der Waals surface area contributed by atoms with Crippen LogP contribution >= 0.6 is 18.9 Å². The van der Waals surface area contributed by atoms with E-state index in [0.717, 1.165) is 4.70 Å². The molecule has 0 spiro atoms. The molecule has 0 N–H and O–H groups in total. The lowest BCUT2D eigenvalue weighted by Crippen LogP contribution is -2.06. The maximum absolute atomic E-state index is 12.7. The molecule has 0 radical (unpaired) electrons. The summed E-state index contributed by atoms with van der Waals surface area (Å²) in [5.74, 6) is 0. The van der Waals surface area contributed by atoms with Gasteiger partial charge >= 0.3 is 7.60 Å². The summed E-state index contributed by atoms with van der Waals surface area (Å²) in [4.78, 5) is 20.9. The Bertz CT molecular complexity index is 1010. The number of hydrogen-bond acceptors (Lipinski definition) is 7. The maximum atomic E-state index is 12.7. The van der Waals surface area contributed by atoms with E-state index in [0.29, 0.717) is 35.0 Å². The van der Waals surface area contributed by atoms with Crippen LogP contribution in [0, 0.1) is 0 Å². The van der Waals surface area contributed by atoms with Gasteiger partial charge < -0.3 is 9.05 Å². The van der Waals surface area contributed by atoms with E-state index >= 15 is 0 Å². The number of pyridine rings is 1. The molecule has 2 heterocycles. The second kappa shape index (κ2) is 8.18. The van der Waals surface area contributed by atoms with E-state index in [2.05, 4.69) is 9.97 Å². The molecule has 0 atom stereocenters. The van der Waals surface area contributed by atoms with Gasteiger partial charge in [-0.3, -0.25) is 9.36 Å². The third-order valence-electron chi connectivity index (χ3n) is 3.56. The summed E-state index contributed by atoms with van der Waals surface area (Å²) in [7, 11) is -3.24. The summed E-state index contributed by atoms with van der Waals surface area (Å²) in [6, 6.07) is 12.7. The van der Waals surface area contributed by atoms with E-state index in [4.69, 9.17) is 9.05 Å². The Morgan fingerprint density at radius 3 is 2.46 bits per heavy atom. The zero-order valence-electron chi connectivity index (χ0n) is 14.5. The van der Waals surface area contributed by atoms with E-state index < -0.39 is 7.60 Å². The summed E-state index contributed by atoms with van der Waals surface area (Å²) < 4.78 is 24.2. The molecule has 0 aliphatic rings. The Hall–Kier alpha value is -1.92. The molecule has 0 amide bonds. The maximum Gasteiger partial charge on any atom is 0.336 e. The van der Waals surface area contributed by atoms with Crippen LogP contribution in [0.1, 0.15) is 19.5 Å². The average Bonchev–Trinajstić information content (AvgIpc) is 2.62. The lowest BCUT2D eigenvalue weighted by molar-refractivity contribution is 0.219. The van der Waals surface area contributed by atoms with Crippen LogP contribution in [-0.2, 0) is 19.8 Å². The van der Waals surface area contributed by atoms with Crippen molar-refractivity contribution in [2.45, 2.75) is 20.0 Å². The molecular weight excluding hydrogens is 371 g/mol. The van der Waals surface area contributed by atoms with E-state index in [1.54, 1.807) is 38.1 Å². The summed E-state index contributed by atoms with van der Waals surface area (Å²) in [6.45, 7) is 4.13. The summed E-state index contributed by atoms with van der Waals surface area (Å²) in [5.41, 5.74) is 0.855. The van der Waals surface area contributed by atoms with E-state index in [1.165, 1.54) is 11.3 Å². The van der Waals surface area contributed by atoms with Gasteiger partial charge in [-0.05, 0) is 38.1 Å². The van der Waals surface area contributed by atoms with Gasteiger partial charge in [-0.15, -0.1) is 11.3 Å². The first-order valence-corrected chi connectivity index (χ1v) is 10.8. The Balaban J connectivity index is 1.97. The molecule has 6 nitrogen and oxygen atoms in total. The minimum absolute atomic E-state index is 0.0744. The minimum atomic E-state index is -3.24. The van der Waals surface area contributed by atoms with Crippen molar-refractivity contribution in [2.75, 3.05) is 13.2 Å². The lowest BCUT2D eigenvalue weighted by atomic mass is 10.3. The molecule has 0 aliphatic heterocycles. The van der Waals surface area contributed by atoms with Crippen molar-refractivity contribution in [2.24, 2.45) is 0 Å². The fourth-order valence-electron chi connectivity index (χ4n) is 2.53. The number of hydrogen-bond donors (Lipinski definition) is 0. The van der Waals surface area contributed by atoms with Crippen LogP contribution in [0.5, 0.6) is 0 Å². The van der Waals surface area contributed by atoms with E-state index in [-0.39, 0.29) is 11.7 Å². The second-order valence-corrected chi connectivity index (χ2v) is 8.52. The van der Waals surface area contributed by atoms with Gasteiger partial charge in [0.1, 0.15) is 5.01 Å². The number of fused-ring (bicyclic) bond motifs is 1. The predicted molar refractivity (Wildman–Crippen MR) is 104 cm³/mol. The minimum Gasteiger partial charge on any atom is -0.309 e. The van der Waals surface area contributed by atoms with Gasteiger partial charge in [-0.2, -0.15) is 4.98 Å². The molecule has 0 saturated heterocycles. The summed E-state index contributed by atoms with van der Waals surface area (Å²) >= 11 is 1.40. The summed E-state index contributed by atoms with van der Waals surface area (Å²) in [6.07, 6.45) is 0.0744. The molecule has 0 bridgehead atoms. The first-order chi connectivity index (χ1) is 12.5. The number of rotatable bonds is 7. The highest BCUT2D eigenvalue weighted by Crippen LogP contribution is 2.51. The standard InChI is InChI=1S/C18H19N2O4PS/c1-3-23-25(22,24-4-2)12-13-8-7-10-15(19-13)18-20-17(21)14-9-5-6-11-16(14)26-18/h5-11H,3-4,12H2,1-2H3. The van der Waals surface area contributed by atoms with Crippen molar-refractivity contribution in [1.82, 2.24) is 9.97 Å². The fourth-order valence-corrected chi connectivity index (χ4v) is 5.11. The van der Waals surface area contributed by atoms with Crippen molar-refractivity contribution in [1.29, 1.82) is 0 Å². The molecule has 3 rings (SSSR count). The van der Waals surface area contributed by atoms with Crippen molar-refractivity contribution < 1.29 is 13.6 Å². The van der Waals surface area contributed by atoms with Gasteiger partial charge in [0, 0.05) is 4.70 Å². The Morgan fingerprint density at radius 1 is 1.00 bits per heavy atom. The van der Waals surface area contributed by atoms with Gasteiger partial charge in [0.05, 0.1) is 36.1 Å². The van der Waals surface area contributed by atoms with Crippen LogP contribution in [-0.4, -0.2) is 23.2 Å². The molecule has 2 aromatic heterocycles. The predicted octanol–water partition coefficient (Wildman–Crippen LogP) is 4.48. The van der Waals surface area contributed by atoms with Crippen LogP contribution in [0.15, 0.2) is 47.3 Å². The van der Waals surface area contributed by atoms with Gasteiger partial charge in [-0.25, -0.2) is 4.98 Å². The van der Waals surface area contributed by atoms with Crippen LogP contribution < -0.4 is 5.56 Å². The lowest BCUT2D eigenvalue weighted by Gasteiger charge is -2.16. The van der Waals surface area contributed by atoms with Crippen LogP contribution in [0.2, 0.25) is 0 Å². The fraction of sp³-hybridized carbons (Fsp3) is 0.278.